The Hall–Kier alpha value is -3.02. The van der Waals surface area contributed by atoms with Crippen molar-refractivity contribution in [1.29, 1.82) is 0 Å². The number of carbonyl (C=O) groups excluding carboxylic acids is 2. The molecule has 150 valence electrons. The fourth-order valence-electron chi connectivity index (χ4n) is 2.32. The van der Waals surface area contributed by atoms with Gasteiger partial charge in [0.1, 0.15) is 23.3 Å². The van der Waals surface area contributed by atoms with Gasteiger partial charge in [0.2, 0.25) is 5.91 Å². The first kappa shape index (κ1) is 21.3. The van der Waals surface area contributed by atoms with E-state index in [0.29, 0.717) is 11.5 Å². The van der Waals surface area contributed by atoms with Gasteiger partial charge in [-0.3, -0.25) is 9.59 Å². The maximum atomic E-state index is 12.0. The van der Waals surface area contributed by atoms with Gasteiger partial charge in [-0.25, -0.2) is 0 Å². The zero-order valence-electron chi connectivity index (χ0n) is 17.0. The van der Waals surface area contributed by atoms with Crippen LogP contribution in [-0.2, 0) is 9.59 Å². The van der Waals surface area contributed by atoms with Crippen LogP contribution in [0.3, 0.4) is 0 Å². The van der Waals surface area contributed by atoms with E-state index >= 15 is 0 Å². The molecule has 2 amide bonds. The lowest BCUT2D eigenvalue weighted by molar-refractivity contribution is -0.130. The lowest BCUT2D eigenvalue weighted by Crippen LogP contribution is -2.51. The highest BCUT2D eigenvalue weighted by molar-refractivity contribution is 5.88. The molecule has 1 unspecified atom stereocenters. The van der Waals surface area contributed by atoms with Crippen LogP contribution in [0.5, 0.6) is 17.2 Å². The zero-order valence-corrected chi connectivity index (χ0v) is 17.0. The molecule has 0 aliphatic rings. The summed E-state index contributed by atoms with van der Waals surface area (Å²) in [5, 5.41) is 5.44. The molecule has 0 aliphatic carbocycles. The Morgan fingerprint density at radius 1 is 0.929 bits per heavy atom. The number of rotatable bonds is 7. The fraction of sp³-hybridized carbons (Fsp3) is 0.364. The summed E-state index contributed by atoms with van der Waals surface area (Å²) in [6, 6.07) is 14.1. The first-order valence-corrected chi connectivity index (χ1v) is 9.21. The molecular weight excluding hydrogens is 356 g/mol. The van der Waals surface area contributed by atoms with Crippen molar-refractivity contribution >= 4 is 11.8 Å². The van der Waals surface area contributed by atoms with E-state index < -0.39 is 6.04 Å². The SMILES string of the molecule is Cc1ccc(Oc2ccc(OCC(=O)NC(C)C(=O)NC(C)(C)C)cc2)cc1. The van der Waals surface area contributed by atoms with Gasteiger partial charge >= 0.3 is 0 Å². The predicted molar refractivity (Wildman–Crippen MR) is 109 cm³/mol. The number of ether oxygens (including phenoxy) is 2. The summed E-state index contributed by atoms with van der Waals surface area (Å²) in [6.07, 6.45) is 0. The van der Waals surface area contributed by atoms with Crippen molar-refractivity contribution in [3.63, 3.8) is 0 Å². The van der Waals surface area contributed by atoms with Gasteiger partial charge in [-0.2, -0.15) is 0 Å². The van der Waals surface area contributed by atoms with Crippen LogP contribution in [0.1, 0.15) is 33.3 Å². The van der Waals surface area contributed by atoms with Crippen LogP contribution >= 0.6 is 0 Å². The topological polar surface area (TPSA) is 76.7 Å². The molecule has 0 fully saturated rings. The summed E-state index contributed by atoms with van der Waals surface area (Å²) < 4.78 is 11.2. The van der Waals surface area contributed by atoms with E-state index in [-0.39, 0.29) is 24.0 Å². The number of amides is 2. The van der Waals surface area contributed by atoms with Crippen LogP contribution < -0.4 is 20.1 Å². The average molecular weight is 384 g/mol. The minimum atomic E-state index is -0.638. The Balaban J connectivity index is 1.80. The van der Waals surface area contributed by atoms with Crippen LogP contribution in [0.25, 0.3) is 0 Å². The second-order valence-electron chi connectivity index (χ2n) is 7.70. The van der Waals surface area contributed by atoms with E-state index in [1.54, 1.807) is 31.2 Å². The molecule has 2 aromatic carbocycles. The number of aryl methyl sites for hydroxylation is 1. The highest BCUT2D eigenvalue weighted by Gasteiger charge is 2.20. The fourth-order valence-corrected chi connectivity index (χ4v) is 2.32. The molecule has 2 aromatic rings. The van der Waals surface area contributed by atoms with Crippen molar-refractivity contribution in [1.82, 2.24) is 10.6 Å². The molecule has 1 atom stereocenters. The van der Waals surface area contributed by atoms with Crippen LogP contribution in [0.15, 0.2) is 48.5 Å². The van der Waals surface area contributed by atoms with E-state index in [9.17, 15) is 9.59 Å². The van der Waals surface area contributed by atoms with E-state index in [2.05, 4.69) is 10.6 Å². The van der Waals surface area contributed by atoms with Crippen molar-refractivity contribution in [3.05, 3.63) is 54.1 Å². The third-order valence-corrected chi connectivity index (χ3v) is 3.72. The van der Waals surface area contributed by atoms with Crippen LogP contribution in [0.4, 0.5) is 0 Å². The molecule has 0 aromatic heterocycles. The second-order valence-corrected chi connectivity index (χ2v) is 7.70. The average Bonchev–Trinajstić information content (AvgIpc) is 2.61. The van der Waals surface area contributed by atoms with E-state index in [1.807, 2.05) is 52.0 Å². The molecule has 2 N–H and O–H groups in total. The molecule has 28 heavy (non-hydrogen) atoms. The Morgan fingerprint density at radius 2 is 1.43 bits per heavy atom. The van der Waals surface area contributed by atoms with Gasteiger partial charge in [-0.05, 0) is 71.0 Å². The Kier molecular flexibility index (Phi) is 7.04. The van der Waals surface area contributed by atoms with E-state index in [0.717, 1.165) is 5.75 Å². The molecule has 2 rings (SSSR count). The monoisotopic (exact) mass is 384 g/mol. The molecule has 0 radical (unpaired) electrons. The summed E-state index contributed by atoms with van der Waals surface area (Å²) in [6.45, 7) is 9.13. The van der Waals surface area contributed by atoms with Gasteiger partial charge in [-0.1, -0.05) is 17.7 Å². The number of benzene rings is 2. The van der Waals surface area contributed by atoms with Crippen molar-refractivity contribution < 1.29 is 19.1 Å². The molecule has 0 heterocycles. The summed E-state index contributed by atoms with van der Waals surface area (Å²) in [7, 11) is 0. The first-order chi connectivity index (χ1) is 13.1. The van der Waals surface area contributed by atoms with Crippen molar-refractivity contribution in [3.8, 4) is 17.2 Å². The van der Waals surface area contributed by atoms with Gasteiger partial charge in [0.25, 0.3) is 5.91 Å². The van der Waals surface area contributed by atoms with Crippen molar-refractivity contribution in [2.75, 3.05) is 6.61 Å². The van der Waals surface area contributed by atoms with E-state index in [4.69, 9.17) is 9.47 Å². The zero-order chi connectivity index (χ0) is 20.7. The molecule has 0 saturated heterocycles. The molecule has 0 aliphatic heterocycles. The Labute approximate surface area is 166 Å². The lowest BCUT2D eigenvalue weighted by Gasteiger charge is -2.23. The van der Waals surface area contributed by atoms with Gasteiger partial charge in [-0.15, -0.1) is 0 Å². The van der Waals surface area contributed by atoms with Crippen LogP contribution in [0.2, 0.25) is 0 Å². The lowest BCUT2D eigenvalue weighted by atomic mass is 10.1. The molecule has 6 nitrogen and oxygen atoms in total. The van der Waals surface area contributed by atoms with E-state index in [1.165, 1.54) is 5.56 Å². The third-order valence-electron chi connectivity index (χ3n) is 3.72. The van der Waals surface area contributed by atoms with Gasteiger partial charge in [0.05, 0.1) is 0 Å². The van der Waals surface area contributed by atoms with Crippen molar-refractivity contribution in [2.24, 2.45) is 0 Å². The highest BCUT2D eigenvalue weighted by Crippen LogP contribution is 2.24. The molecular formula is C22H28N2O4. The number of carbonyl (C=O) groups is 2. The number of nitrogens with one attached hydrogen (secondary N) is 2. The van der Waals surface area contributed by atoms with Crippen LogP contribution in [-0.4, -0.2) is 30.0 Å². The number of hydrogen-bond donors (Lipinski definition) is 2. The smallest absolute Gasteiger partial charge is 0.258 e. The van der Waals surface area contributed by atoms with Gasteiger partial charge in [0.15, 0.2) is 6.61 Å². The molecule has 6 heteroatoms. The standard InChI is InChI=1S/C22H28N2O4/c1-15-6-8-18(9-7-15)28-19-12-10-17(11-13-19)27-14-20(25)23-16(2)21(26)24-22(3,4)5/h6-13,16H,14H2,1-5H3,(H,23,25)(H,24,26). The molecule has 0 saturated carbocycles. The maximum absolute atomic E-state index is 12.0. The molecule has 0 spiro atoms. The third kappa shape index (κ3) is 7.31. The maximum Gasteiger partial charge on any atom is 0.258 e. The van der Waals surface area contributed by atoms with Gasteiger partial charge in [0, 0.05) is 5.54 Å². The molecule has 0 bridgehead atoms. The quantitative estimate of drug-likeness (QED) is 0.765. The second kappa shape index (κ2) is 9.26. The predicted octanol–water partition coefficient (Wildman–Crippen LogP) is 3.59. The summed E-state index contributed by atoms with van der Waals surface area (Å²) >= 11 is 0. The largest absolute Gasteiger partial charge is 0.484 e. The summed E-state index contributed by atoms with van der Waals surface area (Å²) in [5.41, 5.74) is 0.814. The summed E-state index contributed by atoms with van der Waals surface area (Å²) in [5.74, 6) is 1.36. The highest BCUT2D eigenvalue weighted by atomic mass is 16.5. The Bertz CT molecular complexity index is 793. The Morgan fingerprint density at radius 3 is 1.96 bits per heavy atom. The number of hydrogen-bond acceptors (Lipinski definition) is 4. The normalized spacial score (nSPS) is 12.0. The van der Waals surface area contributed by atoms with Gasteiger partial charge < -0.3 is 20.1 Å². The minimum absolute atomic E-state index is 0.175. The summed E-state index contributed by atoms with van der Waals surface area (Å²) in [4.78, 5) is 24.0. The minimum Gasteiger partial charge on any atom is -0.484 e. The van der Waals surface area contributed by atoms with Crippen molar-refractivity contribution in [2.45, 2.75) is 46.2 Å². The first-order valence-electron chi connectivity index (χ1n) is 9.21. The van der Waals surface area contributed by atoms with Crippen LogP contribution in [0, 0.1) is 6.92 Å².